The first-order valence-corrected chi connectivity index (χ1v) is 5.00. The fraction of sp³-hybridized carbons (Fsp3) is 0.571. The second-order valence-electron chi connectivity index (χ2n) is 2.08. The average Bonchev–Trinajstić information content (AvgIpc) is 2.52. The van der Waals surface area contributed by atoms with Crippen LogP contribution in [0, 0.1) is 0 Å². The van der Waals surface area contributed by atoms with Crippen molar-refractivity contribution in [3.63, 3.8) is 0 Å². The predicted octanol–water partition coefficient (Wildman–Crippen LogP) is 2.21. The number of aromatic nitrogens is 1. The van der Waals surface area contributed by atoms with Crippen molar-refractivity contribution < 1.29 is 0 Å². The van der Waals surface area contributed by atoms with Crippen molar-refractivity contribution in [2.24, 2.45) is 0 Å². The maximum Gasteiger partial charge on any atom is 0.185 e. The molecule has 0 radical (unpaired) electrons. The van der Waals surface area contributed by atoms with Gasteiger partial charge in [-0.1, -0.05) is 0 Å². The van der Waals surface area contributed by atoms with Crippen LogP contribution < -0.4 is 4.90 Å². The summed E-state index contributed by atoms with van der Waals surface area (Å²) in [5, 5.41) is 3.04. The number of hydrogen-bond acceptors (Lipinski definition) is 3. The number of halogens is 1. The highest BCUT2D eigenvalue weighted by atomic mass is 35.5. The van der Waals surface area contributed by atoms with Crippen LogP contribution in [0.3, 0.4) is 0 Å². The molecule has 1 rings (SSSR count). The number of anilines is 1. The molecule has 0 aliphatic heterocycles. The quantitative estimate of drug-likeness (QED) is 0.677. The van der Waals surface area contributed by atoms with Gasteiger partial charge >= 0.3 is 0 Å². The van der Waals surface area contributed by atoms with E-state index in [1.54, 1.807) is 11.3 Å². The summed E-state index contributed by atoms with van der Waals surface area (Å²) in [6, 6.07) is 0. The Balaban J connectivity index is 2.56. The van der Waals surface area contributed by atoms with Crippen molar-refractivity contribution in [2.75, 3.05) is 23.9 Å². The molecule has 0 unspecified atom stereocenters. The Morgan fingerprint density at radius 1 is 1.73 bits per heavy atom. The summed E-state index contributed by atoms with van der Waals surface area (Å²) in [4.78, 5) is 6.36. The highest BCUT2D eigenvalue weighted by Gasteiger charge is 2.03. The smallest absolute Gasteiger partial charge is 0.185 e. The zero-order valence-electron chi connectivity index (χ0n) is 6.46. The van der Waals surface area contributed by atoms with Crippen LogP contribution in [0.25, 0.3) is 0 Å². The van der Waals surface area contributed by atoms with Gasteiger partial charge < -0.3 is 4.90 Å². The molecule has 0 saturated heterocycles. The lowest BCUT2D eigenvalue weighted by Crippen LogP contribution is -2.24. The minimum absolute atomic E-state index is 0.660. The van der Waals surface area contributed by atoms with Crippen LogP contribution in [0.2, 0.25) is 0 Å². The molecule has 0 aromatic carbocycles. The summed E-state index contributed by atoms with van der Waals surface area (Å²) >= 11 is 7.28. The van der Waals surface area contributed by atoms with Gasteiger partial charge in [0, 0.05) is 30.5 Å². The van der Waals surface area contributed by atoms with Gasteiger partial charge in [0.05, 0.1) is 0 Å². The number of thiazole rings is 1. The van der Waals surface area contributed by atoms with Gasteiger partial charge in [-0.15, -0.1) is 22.9 Å². The Labute approximate surface area is 75.8 Å². The third kappa shape index (κ3) is 2.34. The lowest BCUT2D eigenvalue weighted by atomic mass is 10.6. The molecule has 0 aliphatic carbocycles. The fourth-order valence-corrected chi connectivity index (χ4v) is 1.80. The second-order valence-corrected chi connectivity index (χ2v) is 3.33. The molecule has 62 valence electrons. The molecule has 2 nitrogen and oxygen atoms in total. The van der Waals surface area contributed by atoms with Crippen LogP contribution in [-0.4, -0.2) is 24.0 Å². The molecular formula is C7H11ClN2S. The third-order valence-corrected chi connectivity index (χ3v) is 2.43. The summed E-state index contributed by atoms with van der Waals surface area (Å²) in [5.41, 5.74) is 0. The summed E-state index contributed by atoms with van der Waals surface area (Å²) < 4.78 is 0. The molecular weight excluding hydrogens is 180 g/mol. The first-order valence-electron chi connectivity index (χ1n) is 3.59. The number of nitrogens with zero attached hydrogens (tertiary/aromatic N) is 2. The predicted molar refractivity (Wildman–Crippen MR) is 50.7 cm³/mol. The van der Waals surface area contributed by atoms with Crippen LogP contribution in [-0.2, 0) is 0 Å². The maximum atomic E-state index is 5.63. The first kappa shape index (κ1) is 8.81. The van der Waals surface area contributed by atoms with E-state index in [-0.39, 0.29) is 0 Å². The highest BCUT2D eigenvalue weighted by molar-refractivity contribution is 7.13. The minimum Gasteiger partial charge on any atom is -0.347 e. The second kappa shape index (κ2) is 4.57. The van der Waals surface area contributed by atoms with Crippen LogP contribution in [0.15, 0.2) is 11.6 Å². The zero-order valence-corrected chi connectivity index (χ0v) is 8.03. The molecule has 4 heteroatoms. The van der Waals surface area contributed by atoms with Gasteiger partial charge in [0.2, 0.25) is 0 Å². The molecule has 0 aliphatic rings. The van der Waals surface area contributed by atoms with Gasteiger partial charge in [-0.3, -0.25) is 0 Å². The average molecular weight is 191 g/mol. The molecule has 0 N–H and O–H groups in total. The SMILES string of the molecule is CCN(CCCl)c1nccs1. The van der Waals surface area contributed by atoms with Gasteiger partial charge in [0.1, 0.15) is 0 Å². The molecule has 0 atom stereocenters. The van der Waals surface area contributed by atoms with Crippen LogP contribution in [0.4, 0.5) is 5.13 Å². The van der Waals surface area contributed by atoms with Gasteiger partial charge in [-0.25, -0.2) is 4.98 Å². The van der Waals surface area contributed by atoms with E-state index in [9.17, 15) is 0 Å². The number of alkyl halides is 1. The van der Waals surface area contributed by atoms with Gasteiger partial charge in [0.15, 0.2) is 5.13 Å². The standard InChI is InChI=1S/C7H11ClN2S/c1-2-10(5-3-8)7-9-4-6-11-7/h4,6H,2-3,5H2,1H3. The Morgan fingerprint density at radius 3 is 3.00 bits per heavy atom. The summed E-state index contributed by atoms with van der Waals surface area (Å²) in [6.07, 6.45) is 1.82. The van der Waals surface area contributed by atoms with E-state index in [0.29, 0.717) is 5.88 Å². The lowest BCUT2D eigenvalue weighted by Gasteiger charge is -2.17. The van der Waals surface area contributed by atoms with E-state index in [4.69, 9.17) is 11.6 Å². The van der Waals surface area contributed by atoms with Gasteiger partial charge in [-0.05, 0) is 6.92 Å². The van der Waals surface area contributed by atoms with Gasteiger partial charge in [0.25, 0.3) is 0 Å². The van der Waals surface area contributed by atoms with Crippen molar-refractivity contribution in [1.82, 2.24) is 4.98 Å². The Bertz CT molecular complexity index is 188. The van der Waals surface area contributed by atoms with E-state index in [2.05, 4.69) is 16.8 Å². The van der Waals surface area contributed by atoms with E-state index >= 15 is 0 Å². The zero-order chi connectivity index (χ0) is 8.10. The highest BCUT2D eigenvalue weighted by Crippen LogP contribution is 2.16. The number of rotatable bonds is 4. The summed E-state index contributed by atoms with van der Waals surface area (Å²) in [6.45, 7) is 3.96. The monoisotopic (exact) mass is 190 g/mol. The van der Waals surface area contributed by atoms with Crippen LogP contribution in [0.1, 0.15) is 6.92 Å². The minimum atomic E-state index is 0.660. The molecule has 1 heterocycles. The van der Waals surface area contributed by atoms with E-state index in [1.807, 2.05) is 11.6 Å². The molecule has 0 saturated carbocycles. The molecule has 0 amide bonds. The van der Waals surface area contributed by atoms with Crippen molar-refractivity contribution in [1.29, 1.82) is 0 Å². The normalized spacial score (nSPS) is 10.0. The number of hydrogen-bond donors (Lipinski definition) is 0. The summed E-state index contributed by atoms with van der Waals surface area (Å²) in [7, 11) is 0. The topological polar surface area (TPSA) is 16.1 Å². The van der Waals surface area contributed by atoms with Crippen molar-refractivity contribution >= 4 is 28.1 Å². The largest absolute Gasteiger partial charge is 0.347 e. The van der Waals surface area contributed by atoms with E-state index in [1.165, 1.54) is 0 Å². The van der Waals surface area contributed by atoms with Crippen molar-refractivity contribution in [3.8, 4) is 0 Å². The Kier molecular flexibility index (Phi) is 3.66. The molecule has 11 heavy (non-hydrogen) atoms. The Hall–Kier alpha value is -0.280. The maximum absolute atomic E-state index is 5.63. The fourth-order valence-electron chi connectivity index (χ4n) is 0.863. The summed E-state index contributed by atoms with van der Waals surface area (Å²) in [5.74, 6) is 0.660. The van der Waals surface area contributed by atoms with E-state index in [0.717, 1.165) is 18.2 Å². The van der Waals surface area contributed by atoms with Gasteiger partial charge in [-0.2, -0.15) is 0 Å². The third-order valence-electron chi connectivity index (χ3n) is 1.43. The molecule has 1 aromatic heterocycles. The lowest BCUT2D eigenvalue weighted by molar-refractivity contribution is 0.864. The van der Waals surface area contributed by atoms with Crippen LogP contribution >= 0.6 is 22.9 Å². The molecule has 1 aromatic rings. The van der Waals surface area contributed by atoms with Crippen LogP contribution in [0.5, 0.6) is 0 Å². The first-order chi connectivity index (χ1) is 5.38. The molecule has 0 spiro atoms. The van der Waals surface area contributed by atoms with Crippen molar-refractivity contribution in [3.05, 3.63) is 11.6 Å². The Morgan fingerprint density at radius 2 is 2.55 bits per heavy atom. The molecule has 0 fully saturated rings. The molecule has 0 bridgehead atoms. The van der Waals surface area contributed by atoms with E-state index < -0.39 is 0 Å². The van der Waals surface area contributed by atoms with Crippen molar-refractivity contribution in [2.45, 2.75) is 6.92 Å².